The number of alkyl halides is 1. The van der Waals surface area contributed by atoms with Crippen molar-refractivity contribution in [3.8, 4) is 0 Å². The average Bonchev–Trinajstić information content (AvgIpc) is 2.28. The van der Waals surface area contributed by atoms with Crippen LogP contribution < -0.4 is 5.32 Å². The predicted octanol–water partition coefficient (Wildman–Crippen LogP) is 4.24. The van der Waals surface area contributed by atoms with Gasteiger partial charge in [-0.2, -0.15) is 0 Å². The fourth-order valence-electron chi connectivity index (χ4n) is 1.45. The molecule has 5 heteroatoms. The maximum absolute atomic E-state index is 12.0. The van der Waals surface area contributed by atoms with Crippen molar-refractivity contribution < 1.29 is 4.79 Å². The standard InChI is InChI=1S/C12H14BrCl2NO/c1-2-9(5-6-14)16-12(17)10-4-3-8(15)7-11(10)13/h3-4,7,9H,2,5-6H2,1H3,(H,16,17). The Morgan fingerprint density at radius 2 is 2.24 bits per heavy atom. The van der Waals surface area contributed by atoms with Gasteiger partial charge in [0, 0.05) is 21.4 Å². The van der Waals surface area contributed by atoms with Crippen LogP contribution in [0.5, 0.6) is 0 Å². The van der Waals surface area contributed by atoms with Crippen molar-refractivity contribution in [1.29, 1.82) is 0 Å². The van der Waals surface area contributed by atoms with E-state index in [9.17, 15) is 4.79 Å². The third-order valence-corrected chi connectivity index (χ3v) is 3.57. The maximum atomic E-state index is 12.0. The Bertz CT molecular complexity index is 398. The van der Waals surface area contributed by atoms with Crippen LogP contribution in [0.25, 0.3) is 0 Å². The number of benzene rings is 1. The molecule has 0 aliphatic rings. The monoisotopic (exact) mass is 337 g/mol. The number of nitrogens with one attached hydrogen (secondary N) is 1. The van der Waals surface area contributed by atoms with Gasteiger partial charge in [0.25, 0.3) is 5.91 Å². The third-order valence-electron chi connectivity index (χ3n) is 2.46. The van der Waals surface area contributed by atoms with Crippen LogP contribution in [0.4, 0.5) is 0 Å². The second-order valence-corrected chi connectivity index (χ2v) is 5.35. The highest BCUT2D eigenvalue weighted by Crippen LogP contribution is 2.21. The lowest BCUT2D eigenvalue weighted by Gasteiger charge is -2.16. The molecule has 0 aromatic heterocycles. The van der Waals surface area contributed by atoms with Crippen LogP contribution in [-0.2, 0) is 0 Å². The van der Waals surface area contributed by atoms with E-state index < -0.39 is 0 Å². The zero-order valence-corrected chi connectivity index (χ0v) is 12.6. The molecule has 1 N–H and O–H groups in total. The molecule has 0 fully saturated rings. The molecule has 1 rings (SSSR count). The molecule has 1 aromatic carbocycles. The van der Waals surface area contributed by atoms with Crippen molar-refractivity contribution in [1.82, 2.24) is 5.32 Å². The van der Waals surface area contributed by atoms with Crippen LogP contribution >= 0.6 is 39.1 Å². The Hall–Kier alpha value is -0.250. The molecule has 1 unspecified atom stereocenters. The minimum Gasteiger partial charge on any atom is -0.349 e. The summed E-state index contributed by atoms with van der Waals surface area (Å²) in [5.41, 5.74) is 0.586. The molecule has 0 radical (unpaired) electrons. The third kappa shape index (κ3) is 4.49. The van der Waals surface area contributed by atoms with E-state index in [2.05, 4.69) is 21.2 Å². The molecule has 17 heavy (non-hydrogen) atoms. The quantitative estimate of drug-likeness (QED) is 0.799. The lowest BCUT2D eigenvalue weighted by atomic mass is 10.1. The van der Waals surface area contributed by atoms with Crippen molar-refractivity contribution in [2.45, 2.75) is 25.8 Å². The highest BCUT2D eigenvalue weighted by molar-refractivity contribution is 9.10. The van der Waals surface area contributed by atoms with Gasteiger partial charge in [0.1, 0.15) is 0 Å². The van der Waals surface area contributed by atoms with Gasteiger partial charge in [-0.3, -0.25) is 4.79 Å². The highest BCUT2D eigenvalue weighted by Gasteiger charge is 2.14. The number of halogens is 3. The molecule has 0 spiro atoms. The number of rotatable bonds is 5. The van der Waals surface area contributed by atoms with Gasteiger partial charge in [-0.1, -0.05) is 18.5 Å². The lowest BCUT2D eigenvalue weighted by molar-refractivity contribution is 0.0934. The number of carbonyl (C=O) groups is 1. The SMILES string of the molecule is CCC(CCCl)NC(=O)c1ccc(Cl)cc1Br. The van der Waals surface area contributed by atoms with Gasteiger partial charge < -0.3 is 5.32 Å². The first-order chi connectivity index (χ1) is 8.08. The minimum atomic E-state index is -0.106. The Balaban J connectivity index is 2.75. The van der Waals surface area contributed by atoms with E-state index >= 15 is 0 Å². The summed E-state index contributed by atoms with van der Waals surface area (Å²) in [6, 6.07) is 5.22. The topological polar surface area (TPSA) is 29.1 Å². The van der Waals surface area contributed by atoms with E-state index in [1.807, 2.05) is 6.92 Å². The van der Waals surface area contributed by atoms with Gasteiger partial charge in [0.05, 0.1) is 5.56 Å². The van der Waals surface area contributed by atoms with Crippen LogP contribution in [0.15, 0.2) is 22.7 Å². The van der Waals surface area contributed by atoms with Crippen LogP contribution in [0, 0.1) is 0 Å². The van der Waals surface area contributed by atoms with E-state index in [0.717, 1.165) is 12.8 Å². The molecule has 1 atom stereocenters. The maximum Gasteiger partial charge on any atom is 0.252 e. The molecule has 0 saturated heterocycles. The van der Waals surface area contributed by atoms with Crippen molar-refractivity contribution in [3.63, 3.8) is 0 Å². The average molecular weight is 339 g/mol. The second kappa shape index (κ2) is 7.24. The molecule has 2 nitrogen and oxygen atoms in total. The van der Waals surface area contributed by atoms with E-state index in [0.29, 0.717) is 20.9 Å². The molecule has 1 aromatic rings. The van der Waals surface area contributed by atoms with Crippen molar-refractivity contribution in [2.24, 2.45) is 0 Å². The number of carbonyl (C=O) groups excluding carboxylic acids is 1. The van der Waals surface area contributed by atoms with Gasteiger partial charge in [0.2, 0.25) is 0 Å². The zero-order valence-electron chi connectivity index (χ0n) is 9.47. The molecule has 0 aliphatic carbocycles. The Kier molecular flexibility index (Phi) is 6.31. The molecule has 94 valence electrons. The first kappa shape index (κ1) is 14.8. The van der Waals surface area contributed by atoms with Gasteiger partial charge in [0.15, 0.2) is 0 Å². The summed E-state index contributed by atoms with van der Waals surface area (Å²) >= 11 is 14.8. The molecular formula is C12H14BrCl2NO. The van der Waals surface area contributed by atoms with Crippen molar-refractivity contribution in [3.05, 3.63) is 33.3 Å². The largest absolute Gasteiger partial charge is 0.349 e. The fraction of sp³-hybridized carbons (Fsp3) is 0.417. The molecule has 0 saturated carbocycles. The van der Waals surface area contributed by atoms with Crippen LogP contribution in [-0.4, -0.2) is 17.8 Å². The first-order valence-electron chi connectivity index (χ1n) is 5.40. The van der Waals surface area contributed by atoms with Gasteiger partial charge in [-0.25, -0.2) is 0 Å². The fourth-order valence-corrected chi connectivity index (χ4v) is 2.57. The van der Waals surface area contributed by atoms with Crippen molar-refractivity contribution in [2.75, 3.05) is 5.88 Å². The normalized spacial score (nSPS) is 12.2. The Morgan fingerprint density at radius 3 is 2.76 bits per heavy atom. The minimum absolute atomic E-state index is 0.106. The highest BCUT2D eigenvalue weighted by atomic mass is 79.9. The van der Waals surface area contributed by atoms with E-state index in [4.69, 9.17) is 23.2 Å². The number of hydrogen-bond acceptors (Lipinski definition) is 1. The molecule has 0 heterocycles. The molecule has 1 amide bonds. The molecular weight excluding hydrogens is 325 g/mol. The molecule has 0 bridgehead atoms. The summed E-state index contributed by atoms with van der Waals surface area (Å²) in [5.74, 6) is 0.436. The van der Waals surface area contributed by atoms with Crippen LogP contribution in [0.3, 0.4) is 0 Å². The lowest BCUT2D eigenvalue weighted by Crippen LogP contribution is -2.34. The number of hydrogen-bond donors (Lipinski definition) is 1. The summed E-state index contributed by atoms with van der Waals surface area (Å²) < 4.78 is 0.697. The first-order valence-corrected chi connectivity index (χ1v) is 7.11. The summed E-state index contributed by atoms with van der Waals surface area (Å²) in [4.78, 5) is 12.0. The second-order valence-electron chi connectivity index (χ2n) is 3.68. The number of amides is 1. The van der Waals surface area contributed by atoms with E-state index in [1.165, 1.54) is 0 Å². The summed E-state index contributed by atoms with van der Waals surface area (Å²) in [7, 11) is 0. The summed E-state index contributed by atoms with van der Waals surface area (Å²) in [5, 5.41) is 3.55. The molecule has 0 aliphatic heterocycles. The predicted molar refractivity (Wildman–Crippen MR) is 76.0 cm³/mol. The zero-order chi connectivity index (χ0) is 12.8. The van der Waals surface area contributed by atoms with E-state index in [-0.39, 0.29) is 11.9 Å². The summed E-state index contributed by atoms with van der Waals surface area (Å²) in [6.07, 6.45) is 1.64. The van der Waals surface area contributed by atoms with Crippen LogP contribution in [0.2, 0.25) is 5.02 Å². The smallest absolute Gasteiger partial charge is 0.252 e. The van der Waals surface area contributed by atoms with Crippen LogP contribution in [0.1, 0.15) is 30.1 Å². The Labute approximate surface area is 120 Å². The van der Waals surface area contributed by atoms with Gasteiger partial charge in [-0.05, 0) is 47.0 Å². The van der Waals surface area contributed by atoms with Crippen molar-refractivity contribution >= 4 is 45.0 Å². The summed E-state index contributed by atoms with van der Waals surface area (Å²) in [6.45, 7) is 2.02. The Morgan fingerprint density at radius 1 is 1.53 bits per heavy atom. The van der Waals surface area contributed by atoms with Gasteiger partial charge >= 0.3 is 0 Å². The van der Waals surface area contributed by atoms with Gasteiger partial charge in [-0.15, -0.1) is 11.6 Å². The van der Waals surface area contributed by atoms with E-state index in [1.54, 1.807) is 18.2 Å².